The quantitative estimate of drug-likeness (QED) is 0.359. The third-order valence-electron chi connectivity index (χ3n) is 7.70. The number of hydrogen-bond acceptors (Lipinski definition) is 7. The van der Waals surface area contributed by atoms with Gasteiger partial charge in [-0.25, -0.2) is 0 Å². The number of anilines is 2. The average Bonchev–Trinajstić information content (AvgIpc) is 2.92. The van der Waals surface area contributed by atoms with E-state index in [1.165, 1.54) is 0 Å². The second-order valence-corrected chi connectivity index (χ2v) is 9.80. The number of amides is 1. The Hall–Kier alpha value is -3.62. The zero-order valence-corrected chi connectivity index (χ0v) is 20.5. The van der Waals surface area contributed by atoms with Gasteiger partial charge in [0.2, 0.25) is 5.91 Å². The van der Waals surface area contributed by atoms with Gasteiger partial charge >= 0.3 is 5.97 Å². The summed E-state index contributed by atoms with van der Waals surface area (Å²) >= 11 is 0. The van der Waals surface area contributed by atoms with E-state index in [0.717, 1.165) is 42.9 Å². The van der Waals surface area contributed by atoms with Gasteiger partial charge in [-0.3, -0.25) is 19.7 Å². The van der Waals surface area contributed by atoms with Crippen molar-refractivity contribution in [2.24, 2.45) is 11.8 Å². The highest BCUT2D eigenvalue weighted by Gasteiger charge is 2.44. The Balaban J connectivity index is 1.44. The van der Waals surface area contributed by atoms with E-state index in [-0.39, 0.29) is 40.4 Å². The fourth-order valence-corrected chi connectivity index (χ4v) is 5.95. The van der Waals surface area contributed by atoms with Crippen molar-refractivity contribution in [1.82, 2.24) is 4.90 Å². The first-order valence-electron chi connectivity index (χ1n) is 12.8. The highest BCUT2D eigenvalue weighted by atomic mass is 16.6. The van der Waals surface area contributed by atoms with Crippen LogP contribution in [0, 0.1) is 22.0 Å². The molecule has 36 heavy (non-hydrogen) atoms. The molecular weight excluding hydrogens is 460 g/mol. The number of piperidine rings is 1. The lowest BCUT2D eigenvalue weighted by Crippen LogP contribution is -2.62. The van der Waals surface area contributed by atoms with Gasteiger partial charge in [-0.1, -0.05) is 18.2 Å². The van der Waals surface area contributed by atoms with E-state index < -0.39 is 0 Å². The number of para-hydroxylation sites is 1. The van der Waals surface area contributed by atoms with Crippen LogP contribution < -0.4 is 9.80 Å². The van der Waals surface area contributed by atoms with Crippen molar-refractivity contribution in [2.45, 2.75) is 32.2 Å². The molecule has 9 heteroatoms. The Labute approximate surface area is 210 Å². The number of fused-ring (bicyclic) bond motifs is 3. The van der Waals surface area contributed by atoms with Crippen molar-refractivity contribution in [2.75, 3.05) is 49.1 Å². The van der Waals surface area contributed by atoms with Crippen molar-refractivity contribution in [1.29, 1.82) is 0 Å². The number of piperazine rings is 1. The number of hydrogen-bond donors (Lipinski definition) is 0. The normalized spacial score (nSPS) is 23.5. The molecule has 5 rings (SSSR count). The Morgan fingerprint density at radius 3 is 2.64 bits per heavy atom. The molecule has 2 fully saturated rings. The highest BCUT2D eigenvalue weighted by molar-refractivity contribution is 5.84. The van der Waals surface area contributed by atoms with Crippen molar-refractivity contribution in [3.05, 3.63) is 64.2 Å². The smallest absolute Gasteiger partial charge is 0.310 e. The largest absolute Gasteiger partial charge is 0.466 e. The van der Waals surface area contributed by atoms with Crippen molar-refractivity contribution in [3.8, 4) is 0 Å². The van der Waals surface area contributed by atoms with Gasteiger partial charge in [0.15, 0.2) is 0 Å². The van der Waals surface area contributed by atoms with Gasteiger partial charge in [0.25, 0.3) is 5.69 Å². The maximum Gasteiger partial charge on any atom is 0.310 e. The molecule has 9 nitrogen and oxygen atoms in total. The third-order valence-corrected chi connectivity index (χ3v) is 7.70. The van der Waals surface area contributed by atoms with Crippen molar-refractivity contribution >= 4 is 28.9 Å². The zero-order valence-electron chi connectivity index (χ0n) is 20.5. The van der Waals surface area contributed by atoms with E-state index in [2.05, 4.69) is 21.9 Å². The molecule has 0 bridgehead atoms. The molecule has 0 saturated carbocycles. The van der Waals surface area contributed by atoms with Gasteiger partial charge in [0, 0.05) is 56.2 Å². The van der Waals surface area contributed by atoms with E-state index in [4.69, 9.17) is 4.74 Å². The fourth-order valence-electron chi connectivity index (χ4n) is 5.95. The fraction of sp³-hybridized carbons (Fsp3) is 0.481. The first-order chi connectivity index (χ1) is 17.5. The maximum absolute atomic E-state index is 14.0. The molecule has 0 unspecified atom stereocenters. The van der Waals surface area contributed by atoms with Crippen LogP contribution in [0.3, 0.4) is 0 Å². The monoisotopic (exact) mass is 492 g/mol. The average molecular weight is 493 g/mol. The van der Waals surface area contributed by atoms with Crippen LogP contribution in [0.25, 0.3) is 0 Å². The summed E-state index contributed by atoms with van der Waals surface area (Å²) in [5.74, 6) is -0.880. The van der Waals surface area contributed by atoms with Crippen LogP contribution in [-0.4, -0.2) is 67.1 Å². The Bertz CT molecular complexity index is 1140. The first-order valence-corrected chi connectivity index (χ1v) is 12.8. The molecule has 2 saturated heterocycles. The van der Waals surface area contributed by atoms with Gasteiger partial charge in [-0.05, 0) is 49.9 Å². The van der Waals surface area contributed by atoms with E-state index in [9.17, 15) is 19.7 Å². The summed E-state index contributed by atoms with van der Waals surface area (Å²) in [4.78, 5) is 43.9. The van der Waals surface area contributed by atoms with Crippen molar-refractivity contribution in [3.63, 3.8) is 0 Å². The summed E-state index contributed by atoms with van der Waals surface area (Å²) in [6, 6.07) is 15.1. The first kappa shape index (κ1) is 24.1. The number of nitrogens with zero attached hydrogens (tertiary/aromatic N) is 4. The van der Waals surface area contributed by atoms with Crippen LogP contribution in [-0.2, 0) is 20.7 Å². The second-order valence-electron chi connectivity index (χ2n) is 9.80. The molecule has 2 aromatic rings. The SMILES string of the molecule is CCOC(=O)[C@@H]1CCCN(C(=O)[C@@H]2Cc3cc([N+](=O)[O-])ccc3N3CCN(c4ccccc4)C[C@H]23)C1. The number of likely N-dealkylation sites (tertiary alicyclic amines) is 1. The molecule has 3 atom stereocenters. The van der Waals surface area contributed by atoms with Crippen LogP contribution >= 0.6 is 0 Å². The number of nitro groups is 1. The summed E-state index contributed by atoms with van der Waals surface area (Å²) in [5, 5.41) is 11.5. The van der Waals surface area contributed by atoms with Gasteiger partial charge in [0.05, 0.1) is 29.4 Å². The van der Waals surface area contributed by atoms with Gasteiger partial charge < -0.3 is 19.4 Å². The lowest BCUT2D eigenvalue weighted by Gasteiger charge is -2.50. The van der Waals surface area contributed by atoms with E-state index >= 15 is 0 Å². The Morgan fingerprint density at radius 2 is 1.89 bits per heavy atom. The number of esters is 1. The molecule has 190 valence electrons. The Morgan fingerprint density at radius 1 is 1.08 bits per heavy atom. The van der Waals surface area contributed by atoms with Gasteiger partial charge in [-0.2, -0.15) is 0 Å². The number of non-ortho nitro benzene ring substituents is 1. The summed E-state index contributed by atoms with van der Waals surface area (Å²) in [5.41, 5.74) is 2.98. The van der Waals surface area contributed by atoms with Crippen LogP contribution in [0.5, 0.6) is 0 Å². The molecule has 0 radical (unpaired) electrons. The van der Waals surface area contributed by atoms with Crippen molar-refractivity contribution < 1.29 is 19.2 Å². The summed E-state index contributed by atoms with van der Waals surface area (Å²) in [7, 11) is 0. The van der Waals surface area contributed by atoms with E-state index in [0.29, 0.717) is 32.7 Å². The minimum Gasteiger partial charge on any atom is -0.466 e. The minimum absolute atomic E-state index is 0.0195. The topological polar surface area (TPSA) is 96.2 Å². The summed E-state index contributed by atoms with van der Waals surface area (Å²) in [6.07, 6.45) is 1.92. The number of benzene rings is 2. The van der Waals surface area contributed by atoms with Crippen LogP contribution in [0.15, 0.2) is 48.5 Å². The molecule has 0 spiro atoms. The third kappa shape index (κ3) is 4.62. The maximum atomic E-state index is 14.0. The lowest BCUT2D eigenvalue weighted by molar-refractivity contribution is -0.384. The molecule has 2 aromatic carbocycles. The predicted octanol–water partition coefficient (Wildman–Crippen LogP) is 3.26. The van der Waals surface area contributed by atoms with Crippen LogP contribution in [0.2, 0.25) is 0 Å². The molecule has 3 aliphatic rings. The summed E-state index contributed by atoms with van der Waals surface area (Å²) < 4.78 is 5.23. The molecular formula is C27H32N4O5. The number of carbonyl (C=O) groups is 2. The van der Waals surface area contributed by atoms with E-state index in [1.54, 1.807) is 19.1 Å². The zero-order chi connectivity index (χ0) is 25.2. The number of carbonyl (C=O) groups excluding carboxylic acids is 2. The standard InChI is InChI=1S/C27H32N4O5/c1-2-36-27(33)19-7-6-12-29(17-19)26(32)23-16-20-15-22(31(34)35)10-11-24(20)30-14-13-28(18-25(23)30)21-8-4-3-5-9-21/h3-5,8-11,15,19,23,25H,2,6-7,12-14,16-18H2,1H3/t19-,23-,25-/m1/s1. The molecule has 1 amide bonds. The summed E-state index contributed by atoms with van der Waals surface area (Å²) in [6.45, 7) is 5.30. The number of rotatable bonds is 5. The minimum atomic E-state index is -0.384. The van der Waals surface area contributed by atoms with Gasteiger partial charge in [0.1, 0.15) is 0 Å². The second kappa shape index (κ2) is 10.2. The lowest BCUT2D eigenvalue weighted by atomic mass is 9.82. The van der Waals surface area contributed by atoms with Crippen LogP contribution in [0.4, 0.5) is 17.1 Å². The van der Waals surface area contributed by atoms with Crippen LogP contribution in [0.1, 0.15) is 25.3 Å². The Kier molecular flexibility index (Phi) is 6.80. The predicted molar refractivity (Wildman–Crippen MR) is 136 cm³/mol. The van der Waals surface area contributed by atoms with E-state index in [1.807, 2.05) is 29.2 Å². The van der Waals surface area contributed by atoms with Gasteiger partial charge in [-0.15, -0.1) is 0 Å². The molecule has 0 N–H and O–H groups in total. The molecule has 3 heterocycles. The number of nitro benzene ring substituents is 1. The highest BCUT2D eigenvalue weighted by Crippen LogP contribution is 2.39. The number of ether oxygens (including phenoxy) is 1. The molecule has 3 aliphatic heterocycles. The molecule has 0 aromatic heterocycles. The molecule has 0 aliphatic carbocycles.